The molecule has 0 N–H and O–H groups in total. The molecule has 0 spiro atoms. The Morgan fingerprint density at radius 3 is 0.667 bits per heavy atom. The summed E-state index contributed by atoms with van der Waals surface area (Å²) in [7, 11) is 0. The molecule has 0 unspecified atom stereocenters. The van der Waals surface area contributed by atoms with Gasteiger partial charge < -0.3 is 4.79 Å². The maximum Gasteiger partial charge on any atom is 0.119 e. The minimum Gasteiger partial charge on any atom is -0.303 e. The Kier molecular flexibility index (Phi) is 38.3. The van der Waals surface area contributed by atoms with Gasteiger partial charge in [0.2, 0.25) is 0 Å². The molecule has 0 aliphatic carbocycles. The van der Waals surface area contributed by atoms with E-state index in [2.05, 4.69) is 20.8 Å². The van der Waals surface area contributed by atoms with Gasteiger partial charge in [-0.05, 0) is 6.42 Å². The lowest BCUT2D eigenvalue weighted by molar-refractivity contribution is -0.107. The first-order valence-electron chi connectivity index (χ1n) is 15.8. The van der Waals surface area contributed by atoms with E-state index in [9.17, 15) is 4.79 Å². The van der Waals surface area contributed by atoms with Crippen LogP contribution >= 0.6 is 0 Å². The highest BCUT2D eigenvalue weighted by molar-refractivity contribution is 5.48. The minimum atomic E-state index is 0.762. The average molecular weight is 467 g/mol. The van der Waals surface area contributed by atoms with Crippen molar-refractivity contribution < 1.29 is 4.79 Å². The summed E-state index contributed by atoms with van der Waals surface area (Å²) in [6.07, 6.45) is 40.0. The zero-order valence-corrected chi connectivity index (χ0v) is 23.8. The lowest BCUT2D eigenvalue weighted by atomic mass is 10.0. The monoisotopic (exact) mass is 467 g/mol. The van der Waals surface area contributed by atoms with E-state index < -0.39 is 0 Å². The molecule has 1 heteroatoms. The van der Waals surface area contributed by atoms with Crippen LogP contribution in [-0.4, -0.2) is 6.29 Å². The highest BCUT2D eigenvalue weighted by atomic mass is 16.1. The summed E-state index contributed by atoms with van der Waals surface area (Å²) < 4.78 is 0. The Labute approximate surface area is 211 Å². The fraction of sp³-hybridized carbons (Fsp3) is 0.969. The van der Waals surface area contributed by atoms with Crippen LogP contribution in [0.4, 0.5) is 0 Å². The average Bonchev–Trinajstić information content (AvgIpc) is 2.83. The summed E-state index contributed by atoms with van der Waals surface area (Å²) in [4.78, 5) is 10.1. The lowest BCUT2D eigenvalue weighted by Crippen LogP contribution is -1.83. The van der Waals surface area contributed by atoms with Crippen LogP contribution in [0.2, 0.25) is 0 Å². The molecule has 200 valence electrons. The molecule has 0 atom stereocenters. The molecule has 0 saturated heterocycles. The third-order valence-electron chi connectivity index (χ3n) is 6.88. The minimum absolute atomic E-state index is 0.762. The predicted molar refractivity (Wildman–Crippen MR) is 152 cm³/mol. The van der Waals surface area contributed by atoms with E-state index in [4.69, 9.17) is 0 Å². The molecule has 0 rings (SSSR count). The second-order valence-corrected chi connectivity index (χ2v) is 10.4. The smallest absolute Gasteiger partial charge is 0.119 e. The highest BCUT2D eigenvalue weighted by Gasteiger charge is 1.94. The van der Waals surface area contributed by atoms with Gasteiger partial charge >= 0.3 is 0 Å². The Balaban J connectivity index is 0. The zero-order chi connectivity index (χ0) is 24.5. The maximum atomic E-state index is 10.1. The molecule has 0 aliphatic heterocycles. The number of rotatable bonds is 27. The van der Waals surface area contributed by atoms with Crippen molar-refractivity contribution in [2.75, 3.05) is 0 Å². The number of carbonyl (C=O) groups excluding carboxylic acids is 1. The van der Waals surface area contributed by atoms with Gasteiger partial charge in [-0.3, -0.25) is 0 Å². The number of aldehydes is 1. The summed E-state index contributed by atoms with van der Waals surface area (Å²) in [5, 5.41) is 0. The van der Waals surface area contributed by atoms with Gasteiger partial charge in [0.1, 0.15) is 6.29 Å². The third kappa shape index (κ3) is 39.2. The molecule has 0 fully saturated rings. The molecular formula is C32H66O. The van der Waals surface area contributed by atoms with Crippen molar-refractivity contribution in [2.45, 2.75) is 201 Å². The molecule has 33 heavy (non-hydrogen) atoms. The molecular weight excluding hydrogens is 400 g/mol. The van der Waals surface area contributed by atoms with E-state index in [0.29, 0.717) is 0 Å². The van der Waals surface area contributed by atoms with Crippen LogP contribution in [0.25, 0.3) is 0 Å². The first-order chi connectivity index (χ1) is 16.3. The van der Waals surface area contributed by atoms with Crippen LogP contribution < -0.4 is 0 Å². The van der Waals surface area contributed by atoms with Gasteiger partial charge in [-0.1, -0.05) is 188 Å². The number of hydrogen-bond acceptors (Lipinski definition) is 1. The van der Waals surface area contributed by atoms with Gasteiger partial charge in [0.25, 0.3) is 0 Å². The van der Waals surface area contributed by atoms with Gasteiger partial charge in [-0.2, -0.15) is 0 Å². The highest BCUT2D eigenvalue weighted by Crippen LogP contribution is 2.13. The van der Waals surface area contributed by atoms with Gasteiger partial charge in [0.05, 0.1) is 0 Å². The Morgan fingerprint density at radius 1 is 0.303 bits per heavy atom. The standard InChI is InChI=1S/C16H32O.C16H34/c1-2-3-4-5-6-7-8-9-10-11-12-13-14-15-16-17;1-3-5-7-9-11-13-15-16-14-12-10-8-6-4-2/h16H,2-15H2,1H3;3-16H2,1-2H3. The largest absolute Gasteiger partial charge is 0.303 e. The third-order valence-corrected chi connectivity index (χ3v) is 6.88. The molecule has 0 aliphatic rings. The van der Waals surface area contributed by atoms with Crippen LogP contribution in [0.5, 0.6) is 0 Å². The zero-order valence-electron chi connectivity index (χ0n) is 23.8. The van der Waals surface area contributed by atoms with Gasteiger partial charge in [0.15, 0.2) is 0 Å². The maximum absolute atomic E-state index is 10.1. The molecule has 1 nitrogen and oxygen atoms in total. The number of carbonyl (C=O) groups is 1. The SMILES string of the molecule is CCCCCCCCCCCCCCCC.CCCCCCCCCCCCCCCC=O. The Hall–Kier alpha value is -0.330. The van der Waals surface area contributed by atoms with Crippen molar-refractivity contribution in [3.63, 3.8) is 0 Å². The van der Waals surface area contributed by atoms with Crippen LogP contribution in [0, 0.1) is 0 Å². The number of unbranched alkanes of at least 4 members (excludes halogenated alkanes) is 26. The van der Waals surface area contributed by atoms with E-state index in [1.54, 1.807) is 0 Å². The number of hydrogen-bond donors (Lipinski definition) is 0. The van der Waals surface area contributed by atoms with Crippen molar-refractivity contribution in [3.05, 3.63) is 0 Å². The van der Waals surface area contributed by atoms with Crippen molar-refractivity contribution in [2.24, 2.45) is 0 Å². The summed E-state index contributed by atoms with van der Waals surface area (Å²) in [5.74, 6) is 0. The van der Waals surface area contributed by atoms with Crippen LogP contribution in [0.1, 0.15) is 201 Å². The molecule has 0 aromatic carbocycles. The van der Waals surface area contributed by atoms with Crippen LogP contribution in [0.3, 0.4) is 0 Å². The first kappa shape index (κ1) is 34.8. The summed E-state index contributed by atoms with van der Waals surface area (Å²) in [6.45, 7) is 6.85. The quantitative estimate of drug-likeness (QED) is 0.0868. The van der Waals surface area contributed by atoms with Crippen molar-refractivity contribution >= 4 is 6.29 Å². The van der Waals surface area contributed by atoms with Gasteiger partial charge in [-0.25, -0.2) is 0 Å². The Bertz CT molecular complexity index is 298. The van der Waals surface area contributed by atoms with E-state index >= 15 is 0 Å². The van der Waals surface area contributed by atoms with Gasteiger partial charge in [-0.15, -0.1) is 0 Å². The fourth-order valence-corrected chi connectivity index (χ4v) is 4.51. The Morgan fingerprint density at radius 2 is 0.485 bits per heavy atom. The van der Waals surface area contributed by atoms with Crippen LogP contribution in [0.15, 0.2) is 0 Å². The van der Waals surface area contributed by atoms with Crippen molar-refractivity contribution in [1.82, 2.24) is 0 Å². The summed E-state index contributed by atoms with van der Waals surface area (Å²) in [6, 6.07) is 0. The molecule has 0 heterocycles. The van der Waals surface area contributed by atoms with E-state index in [-0.39, 0.29) is 0 Å². The van der Waals surface area contributed by atoms with Crippen molar-refractivity contribution in [3.8, 4) is 0 Å². The molecule has 0 bridgehead atoms. The second kappa shape index (κ2) is 36.2. The van der Waals surface area contributed by atoms with E-state index in [1.807, 2.05) is 0 Å². The second-order valence-electron chi connectivity index (χ2n) is 10.4. The molecule has 0 aromatic rings. The molecule has 0 saturated carbocycles. The first-order valence-corrected chi connectivity index (χ1v) is 15.8. The van der Waals surface area contributed by atoms with E-state index in [1.165, 1.54) is 167 Å². The molecule has 0 radical (unpaired) electrons. The van der Waals surface area contributed by atoms with Gasteiger partial charge in [0, 0.05) is 6.42 Å². The van der Waals surface area contributed by atoms with Crippen LogP contribution in [-0.2, 0) is 4.79 Å². The molecule has 0 amide bonds. The normalized spacial score (nSPS) is 10.8. The predicted octanol–water partition coefficient (Wildman–Crippen LogP) is 12.2. The topological polar surface area (TPSA) is 17.1 Å². The summed E-state index contributed by atoms with van der Waals surface area (Å²) in [5.41, 5.74) is 0. The van der Waals surface area contributed by atoms with E-state index in [0.717, 1.165) is 19.1 Å². The van der Waals surface area contributed by atoms with Crippen molar-refractivity contribution in [1.29, 1.82) is 0 Å². The summed E-state index contributed by atoms with van der Waals surface area (Å²) >= 11 is 0. The fourth-order valence-electron chi connectivity index (χ4n) is 4.51. The lowest BCUT2D eigenvalue weighted by Gasteiger charge is -2.02. The molecule has 0 aromatic heterocycles.